The van der Waals surface area contributed by atoms with Gasteiger partial charge in [0, 0.05) is 51.5 Å². The number of carbonyl (C=O) groups excluding carboxylic acids is 2. The van der Waals surface area contributed by atoms with E-state index < -0.39 is 41.1 Å². The number of nitrogens with one attached hydrogen (secondary N) is 4. The van der Waals surface area contributed by atoms with Crippen LogP contribution in [-0.2, 0) is 21.4 Å². The molecule has 5 N–H and O–H groups in total. The van der Waals surface area contributed by atoms with E-state index in [-0.39, 0.29) is 24.1 Å². The molecule has 12 heteroatoms. The number of ether oxygens (including phenoxy) is 1. The van der Waals surface area contributed by atoms with Crippen molar-refractivity contribution in [3.63, 3.8) is 0 Å². The van der Waals surface area contributed by atoms with Gasteiger partial charge in [-0.2, -0.15) is 0 Å². The highest BCUT2D eigenvalue weighted by Gasteiger charge is 2.61. The second-order valence-electron chi connectivity index (χ2n) is 14.7. The molecule has 6 aromatic rings. The van der Waals surface area contributed by atoms with Gasteiger partial charge in [-0.15, -0.1) is 0 Å². The van der Waals surface area contributed by atoms with Gasteiger partial charge in [-0.25, -0.2) is 9.97 Å². The molecular weight excluding hydrogens is 648 g/mol. The zero-order valence-corrected chi connectivity index (χ0v) is 28.3. The highest BCUT2D eigenvalue weighted by Crippen LogP contribution is 2.61. The fourth-order valence-electron chi connectivity index (χ4n) is 8.19. The van der Waals surface area contributed by atoms with E-state index in [2.05, 4.69) is 45.2 Å². The minimum absolute atomic E-state index is 0.160. The van der Waals surface area contributed by atoms with Gasteiger partial charge in [0.2, 0.25) is 17.7 Å². The monoisotopic (exact) mass is 682 g/mol. The van der Waals surface area contributed by atoms with E-state index in [1.807, 2.05) is 50.4 Å². The van der Waals surface area contributed by atoms with Crippen molar-refractivity contribution in [1.29, 1.82) is 0 Å². The molecule has 3 aromatic heterocycles. The Hall–Kier alpha value is -5.88. The number of carbonyl (C=O) groups is 2. The first-order valence-corrected chi connectivity index (χ1v) is 17.1. The second kappa shape index (κ2) is 10.1. The van der Waals surface area contributed by atoms with E-state index in [4.69, 9.17) is 23.5 Å². The highest BCUT2D eigenvalue weighted by molar-refractivity contribution is 6.07. The standard InChI is InChI=1S/C39H34N6O6/c1-17(2)29-35-44-31-32(51-35)39-22-9-5-8-20(19-7-6-10-24-28(19)21(15-40-24)27-16-41-34(31)49-27)30(22)45-37(39)50-26-12-11-18(13-23(26)39)14-25(33(46)43-29)42-36(47)38(3,4)48/h5-13,15-17,25,29,37,40,45,48H,14H2,1-4H3,(H,42,47)(H,43,46)/t25-,29-,37?,39-/m0/s1. The van der Waals surface area contributed by atoms with Crippen LogP contribution in [0.4, 0.5) is 5.69 Å². The summed E-state index contributed by atoms with van der Waals surface area (Å²) in [6.07, 6.45) is 3.16. The van der Waals surface area contributed by atoms with Gasteiger partial charge in [-0.05, 0) is 43.0 Å². The average molecular weight is 683 g/mol. The molecule has 4 aliphatic heterocycles. The van der Waals surface area contributed by atoms with Gasteiger partial charge in [0.25, 0.3) is 5.91 Å². The third-order valence-corrected chi connectivity index (χ3v) is 10.7. The first-order chi connectivity index (χ1) is 24.5. The van der Waals surface area contributed by atoms with Crippen molar-refractivity contribution >= 4 is 28.4 Å². The normalized spacial score (nSPS) is 22.4. The van der Waals surface area contributed by atoms with Crippen LogP contribution in [0.15, 0.2) is 75.8 Å². The third-order valence-electron chi connectivity index (χ3n) is 10.7. The minimum atomic E-state index is -1.70. The number of aliphatic hydroxyl groups is 1. The first kappa shape index (κ1) is 30.0. The Balaban J connectivity index is 1.30. The molecule has 4 aliphatic rings. The molecule has 0 radical (unpaired) electrons. The summed E-state index contributed by atoms with van der Waals surface area (Å²) < 4.78 is 20.3. The van der Waals surface area contributed by atoms with Crippen molar-refractivity contribution in [2.24, 2.45) is 5.92 Å². The zero-order chi connectivity index (χ0) is 35.0. The predicted octanol–water partition coefficient (Wildman–Crippen LogP) is 5.56. The van der Waals surface area contributed by atoms with Crippen molar-refractivity contribution in [3.05, 3.63) is 95.3 Å². The molecule has 4 atom stereocenters. The number of oxazole rings is 2. The minimum Gasteiger partial charge on any atom is -0.469 e. The lowest BCUT2D eigenvalue weighted by molar-refractivity contribution is -0.139. The fourth-order valence-corrected chi connectivity index (χ4v) is 8.19. The molecule has 3 aromatic carbocycles. The van der Waals surface area contributed by atoms with Gasteiger partial charge in [0.15, 0.2) is 23.4 Å². The van der Waals surface area contributed by atoms with Crippen LogP contribution in [0.1, 0.15) is 62.1 Å². The Morgan fingerprint density at radius 1 is 1.04 bits per heavy atom. The molecule has 2 amide bonds. The van der Waals surface area contributed by atoms with Crippen molar-refractivity contribution in [1.82, 2.24) is 25.6 Å². The number of hydrogen-bond donors (Lipinski definition) is 5. The molecule has 1 spiro atoms. The predicted molar refractivity (Wildman–Crippen MR) is 187 cm³/mol. The van der Waals surface area contributed by atoms with Crippen molar-refractivity contribution < 1.29 is 28.3 Å². The summed E-state index contributed by atoms with van der Waals surface area (Å²) in [6, 6.07) is 16.5. The summed E-state index contributed by atoms with van der Waals surface area (Å²) in [6.45, 7) is 6.70. The zero-order valence-electron chi connectivity index (χ0n) is 28.3. The number of nitrogens with zero attached hydrogens (tertiary/aromatic N) is 2. The van der Waals surface area contributed by atoms with E-state index in [1.165, 1.54) is 13.8 Å². The van der Waals surface area contributed by atoms with Crippen LogP contribution < -0.4 is 20.7 Å². The largest absolute Gasteiger partial charge is 0.469 e. The molecule has 0 saturated carbocycles. The van der Waals surface area contributed by atoms with Crippen LogP contribution in [0.5, 0.6) is 5.75 Å². The molecule has 7 heterocycles. The molecule has 0 saturated heterocycles. The maximum absolute atomic E-state index is 14.1. The number of anilines is 1. The summed E-state index contributed by atoms with van der Waals surface area (Å²) in [5.74, 6) is 0.954. The Labute approximate surface area is 291 Å². The van der Waals surface area contributed by atoms with Crippen molar-refractivity contribution in [3.8, 4) is 39.8 Å². The summed E-state index contributed by atoms with van der Waals surface area (Å²) in [5.41, 5.74) is 4.89. The second-order valence-corrected chi connectivity index (χ2v) is 14.7. The molecule has 10 rings (SSSR count). The number of fused-ring (bicyclic) bond motifs is 7. The Morgan fingerprint density at radius 2 is 1.86 bits per heavy atom. The number of H-pyrrole nitrogens is 1. The topological polar surface area (TPSA) is 168 Å². The SMILES string of the molecule is CC(C)[C@@H]1NC(=O)[C@@H](NC(=O)C(C)(C)O)Cc2ccc3c(c2)[C@]24c5cccc(c5NC2O3)-c2cccc3[nH]cc(c23)-c2cnc(o2)-c2nc1oc24. The van der Waals surface area contributed by atoms with Gasteiger partial charge in [0.1, 0.15) is 28.8 Å². The Kier molecular flexibility index (Phi) is 5.94. The third kappa shape index (κ3) is 4.04. The number of hydrogen-bond acceptors (Lipinski definition) is 9. The molecule has 256 valence electrons. The summed E-state index contributed by atoms with van der Waals surface area (Å²) in [5, 5.41) is 21.2. The molecule has 12 nitrogen and oxygen atoms in total. The van der Waals surface area contributed by atoms with Gasteiger partial charge in [-0.3, -0.25) is 9.59 Å². The van der Waals surface area contributed by atoms with E-state index in [0.717, 1.165) is 50.0 Å². The Morgan fingerprint density at radius 3 is 2.69 bits per heavy atom. The fraction of sp³-hybridized carbons (Fsp3) is 0.282. The van der Waals surface area contributed by atoms with Crippen LogP contribution in [-0.4, -0.2) is 49.7 Å². The van der Waals surface area contributed by atoms with Gasteiger partial charge in [0.05, 0.1) is 6.20 Å². The highest BCUT2D eigenvalue weighted by atomic mass is 16.5. The molecule has 51 heavy (non-hydrogen) atoms. The molecule has 0 fully saturated rings. The summed E-state index contributed by atoms with van der Waals surface area (Å²) in [7, 11) is 0. The molecule has 10 bridgehead atoms. The number of amides is 2. The quantitative estimate of drug-likeness (QED) is 0.161. The van der Waals surface area contributed by atoms with E-state index in [1.54, 1.807) is 6.20 Å². The van der Waals surface area contributed by atoms with Gasteiger partial charge < -0.3 is 39.6 Å². The average Bonchev–Trinajstić information content (AvgIpc) is 3.91. The molecular formula is C39H34N6O6. The summed E-state index contributed by atoms with van der Waals surface area (Å²) in [4.78, 5) is 40.4. The van der Waals surface area contributed by atoms with Crippen LogP contribution in [0, 0.1) is 5.92 Å². The van der Waals surface area contributed by atoms with Crippen LogP contribution >= 0.6 is 0 Å². The smallest absolute Gasteiger partial charge is 0.252 e. The number of para-hydroxylation sites is 1. The van der Waals surface area contributed by atoms with E-state index in [0.29, 0.717) is 23.0 Å². The number of benzene rings is 3. The molecule has 1 unspecified atom stereocenters. The number of rotatable bonds is 3. The van der Waals surface area contributed by atoms with Crippen molar-refractivity contribution in [2.45, 2.75) is 63.4 Å². The number of aromatic amines is 1. The van der Waals surface area contributed by atoms with Crippen molar-refractivity contribution in [2.75, 3.05) is 5.32 Å². The lowest BCUT2D eigenvalue weighted by Crippen LogP contribution is -2.54. The Bertz CT molecular complexity index is 2470. The maximum Gasteiger partial charge on any atom is 0.252 e. The van der Waals surface area contributed by atoms with Gasteiger partial charge >= 0.3 is 0 Å². The van der Waals surface area contributed by atoms with Crippen LogP contribution in [0.2, 0.25) is 0 Å². The van der Waals surface area contributed by atoms with E-state index >= 15 is 0 Å². The first-order valence-electron chi connectivity index (χ1n) is 17.1. The van der Waals surface area contributed by atoms with Crippen LogP contribution in [0.25, 0.3) is 44.9 Å². The molecule has 0 aliphatic carbocycles. The maximum atomic E-state index is 14.1. The lowest BCUT2D eigenvalue weighted by atomic mass is 9.72. The van der Waals surface area contributed by atoms with Crippen LogP contribution in [0.3, 0.4) is 0 Å². The van der Waals surface area contributed by atoms with Gasteiger partial charge in [-0.1, -0.05) is 56.3 Å². The number of aromatic nitrogens is 3. The van der Waals surface area contributed by atoms with E-state index in [9.17, 15) is 14.7 Å². The lowest BCUT2D eigenvalue weighted by Gasteiger charge is -2.29. The summed E-state index contributed by atoms with van der Waals surface area (Å²) >= 11 is 0.